The van der Waals surface area contributed by atoms with Crippen molar-refractivity contribution >= 4 is 34.4 Å². The maximum atomic E-state index is 13.9. The SMILES string of the molecule is CC(C)CCNC(=O)[C@H](c1ccccc1)N(Cc1ccccc1Cl)C(=O)Cn1nnc2ccccc21. The van der Waals surface area contributed by atoms with Gasteiger partial charge in [-0.25, -0.2) is 4.68 Å². The van der Waals surface area contributed by atoms with Crippen molar-refractivity contribution < 1.29 is 9.59 Å². The minimum atomic E-state index is -0.836. The summed E-state index contributed by atoms with van der Waals surface area (Å²) >= 11 is 6.48. The molecule has 0 spiro atoms. The Morgan fingerprint density at radius 3 is 2.42 bits per heavy atom. The van der Waals surface area contributed by atoms with E-state index in [1.807, 2.05) is 72.8 Å². The average Bonchev–Trinajstić information content (AvgIpc) is 3.28. The molecule has 0 aliphatic carbocycles. The van der Waals surface area contributed by atoms with Gasteiger partial charge in [-0.1, -0.05) is 91.3 Å². The molecule has 36 heavy (non-hydrogen) atoms. The van der Waals surface area contributed by atoms with Crippen LogP contribution in [0.1, 0.15) is 37.4 Å². The Morgan fingerprint density at radius 2 is 1.67 bits per heavy atom. The van der Waals surface area contributed by atoms with Crippen LogP contribution in [0.5, 0.6) is 0 Å². The standard InChI is InChI=1S/C28H30ClN5O2/c1-20(2)16-17-30-28(36)27(21-10-4-3-5-11-21)33(18-22-12-6-7-13-23(22)29)26(35)19-34-25-15-9-8-14-24(25)31-32-34/h3-15,20,27H,16-19H2,1-2H3,(H,30,36)/t27-/m0/s1. The third-order valence-corrected chi connectivity index (χ3v) is 6.39. The van der Waals surface area contributed by atoms with E-state index in [-0.39, 0.29) is 24.9 Å². The number of hydrogen-bond donors (Lipinski definition) is 1. The first-order chi connectivity index (χ1) is 17.4. The zero-order valence-electron chi connectivity index (χ0n) is 20.5. The van der Waals surface area contributed by atoms with Gasteiger partial charge in [0, 0.05) is 18.1 Å². The third kappa shape index (κ3) is 6.10. The van der Waals surface area contributed by atoms with E-state index in [4.69, 9.17) is 11.6 Å². The van der Waals surface area contributed by atoms with Crippen molar-refractivity contribution in [1.82, 2.24) is 25.2 Å². The highest BCUT2D eigenvalue weighted by Gasteiger charge is 2.32. The summed E-state index contributed by atoms with van der Waals surface area (Å²) < 4.78 is 1.57. The fourth-order valence-electron chi connectivity index (χ4n) is 4.08. The fourth-order valence-corrected chi connectivity index (χ4v) is 4.27. The molecule has 0 saturated heterocycles. The Labute approximate surface area is 216 Å². The maximum absolute atomic E-state index is 13.9. The largest absolute Gasteiger partial charge is 0.354 e. The molecule has 0 unspecified atom stereocenters. The summed E-state index contributed by atoms with van der Waals surface area (Å²) in [5.74, 6) is -0.0499. The molecule has 0 fully saturated rings. The quantitative estimate of drug-likeness (QED) is 0.329. The molecule has 0 aliphatic rings. The van der Waals surface area contributed by atoms with Gasteiger partial charge in [0.1, 0.15) is 18.1 Å². The van der Waals surface area contributed by atoms with Crippen molar-refractivity contribution in [2.75, 3.05) is 6.54 Å². The summed E-state index contributed by atoms with van der Waals surface area (Å²) in [7, 11) is 0. The highest BCUT2D eigenvalue weighted by Crippen LogP contribution is 2.27. The zero-order chi connectivity index (χ0) is 25.5. The predicted octanol–water partition coefficient (Wildman–Crippen LogP) is 5.02. The van der Waals surface area contributed by atoms with E-state index < -0.39 is 6.04 Å². The number of para-hydroxylation sites is 1. The molecule has 0 bridgehead atoms. The molecular formula is C28H30ClN5O2. The summed E-state index contributed by atoms with van der Waals surface area (Å²) in [6.07, 6.45) is 0.844. The molecule has 1 heterocycles. The van der Waals surface area contributed by atoms with Gasteiger partial charge in [0.2, 0.25) is 11.8 Å². The van der Waals surface area contributed by atoms with Crippen LogP contribution < -0.4 is 5.32 Å². The van der Waals surface area contributed by atoms with E-state index in [2.05, 4.69) is 29.5 Å². The highest BCUT2D eigenvalue weighted by atomic mass is 35.5. The minimum absolute atomic E-state index is 0.0619. The van der Waals surface area contributed by atoms with Crippen LogP contribution in [0.15, 0.2) is 78.9 Å². The first-order valence-corrected chi connectivity index (χ1v) is 12.5. The summed E-state index contributed by atoms with van der Waals surface area (Å²) in [6, 6.07) is 23.3. The van der Waals surface area contributed by atoms with Crippen LogP contribution in [0.25, 0.3) is 11.0 Å². The molecule has 0 saturated carbocycles. The number of carbonyl (C=O) groups is 2. The molecule has 4 aromatic rings. The van der Waals surface area contributed by atoms with Crippen LogP contribution in [0.3, 0.4) is 0 Å². The molecule has 186 valence electrons. The Bertz CT molecular complexity index is 1320. The van der Waals surface area contributed by atoms with E-state index in [9.17, 15) is 9.59 Å². The Balaban J connectivity index is 1.71. The molecule has 8 heteroatoms. The summed E-state index contributed by atoms with van der Waals surface area (Å²) in [6.45, 7) is 4.85. The van der Waals surface area contributed by atoms with Gasteiger partial charge in [-0.2, -0.15) is 0 Å². The summed E-state index contributed by atoms with van der Waals surface area (Å²) in [4.78, 5) is 29.1. The topological polar surface area (TPSA) is 80.1 Å². The number of rotatable bonds is 10. The second-order valence-corrected chi connectivity index (χ2v) is 9.54. The van der Waals surface area contributed by atoms with Gasteiger partial charge in [-0.3, -0.25) is 9.59 Å². The predicted molar refractivity (Wildman–Crippen MR) is 141 cm³/mol. The average molecular weight is 504 g/mol. The van der Waals surface area contributed by atoms with Crippen LogP contribution in [-0.2, 0) is 22.7 Å². The second-order valence-electron chi connectivity index (χ2n) is 9.14. The lowest BCUT2D eigenvalue weighted by Crippen LogP contribution is -2.45. The lowest BCUT2D eigenvalue weighted by Gasteiger charge is -2.32. The van der Waals surface area contributed by atoms with Gasteiger partial charge < -0.3 is 10.2 Å². The van der Waals surface area contributed by atoms with Crippen LogP contribution in [0.4, 0.5) is 0 Å². The maximum Gasteiger partial charge on any atom is 0.247 e. The molecule has 1 N–H and O–H groups in total. The second kappa shape index (κ2) is 11.8. The van der Waals surface area contributed by atoms with E-state index in [0.717, 1.165) is 23.1 Å². The van der Waals surface area contributed by atoms with E-state index in [1.54, 1.807) is 15.6 Å². The van der Waals surface area contributed by atoms with Crippen molar-refractivity contribution in [2.45, 2.75) is 39.4 Å². The fraction of sp³-hybridized carbons (Fsp3) is 0.286. The number of halogens is 1. The highest BCUT2D eigenvalue weighted by molar-refractivity contribution is 6.31. The van der Waals surface area contributed by atoms with Gasteiger partial charge in [0.05, 0.1) is 5.52 Å². The van der Waals surface area contributed by atoms with Crippen LogP contribution in [-0.4, -0.2) is 38.3 Å². The van der Waals surface area contributed by atoms with Gasteiger partial charge in [0.15, 0.2) is 0 Å². The molecule has 4 rings (SSSR count). The van der Waals surface area contributed by atoms with E-state index >= 15 is 0 Å². The number of fused-ring (bicyclic) bond motifs is 1. The lowest BCUT2D eigenvalue weighted by molar-refractivity contribution is -0.142. The van der Waals surface area contributed by atoms with E-state index in [1.165, 1.54) is 0 Å². The van der Waals surface area contributed by atoms with Crippen molar-refractivity contribution in [3.05, 3.63) is 95.0 Å². The molecule has 0 radical (unpaired) electrons. The molecule has 1 atom stereocenters. The van der Waals surface area contributed by atoms with Crippen molar-refractivity contribution in [1.29, 1.82) is 0 Å². The van der Waals surface area contributed by atoms with Crippen molar-refractivity contribution in [2.24, 2.45) is 5.92 Å². The Morgan fingerprint density at radius 1 is 0.972 bits per heavy atom. The van der Waals surface area contributed by atoms with Gasteiger partial charge in [-0.05, 0) is 41.7 Å². The Hall–Kier alpha value is -3.71. The molecule has 2 amide bonds. The monoisotopic (exact) mass is 503 g/mol. The van der Waals surface area contributed by atoms with Crippen LogP contribution in [0.2, 0.25) is 5.02 Å². The van der Waals surface area contributed by atoms with Crippen molar-refractivity contribution in [3.63, 3.8) is 0 Å². The normalized spacial score (nSPS) is 12.0. The van der Waals surface area contributed by atoms with Gasteiger partial charge >= 0.3 is 0 Å². The van der Waals surface area contributed by atoms with Crippen molar-refractivity contribution in [3.8, 4) is 0 Å². The molecule has 7 nitrogen and oxygen atoms in total. The first-order valence-electron chi connectivity index (χ1n) is 12.1. The number of hydrogen-bond acceptors (Lipinski definition) is 4. The molecular weight excluding hydrogens is 474 g/mol. The lowest BCUT2D eigenvalue weighted by atomic mass is 10.0. The number of nitrogens with zero attached hydrogens (tertiary/aromatic N) is 4. The number of amides is 2. The van der Waals surface area contributed by atoms with Crippen LogP contribution in [0, 0.1) is 5.92 Å². The Kier molecular flexibility index (Phi) is 8.33. The zero-order valence-corrected chi connectivity index (χ0v) is 21.2. The number of benzene rings is 3. The third-order valence-electron chi connectivity index (χ3n) is 6.02. The number of carbonyl (C=O) groups excluding carboxylic acids is 2. The minimum Gasteiger partial charge on any atom is -0.354 e. The van der Waals surface area contributed by atoms with Gasteiger partial charge in [0.25, 0.3) is 0 Å². The van der Waals surface area contributed by atoms with Gasteiger partial charge in [-0.15, -0.1) is 5.10 Å². The molecule has 1 aromatic heterocycles. The first kappa shape index (κ1) is 25.4. The molecule has 3 aromatic carbocycles. The number of aromatic nitrogens is 3. The molecule has 0 aliphatic heterocycles. The van der Waals surface area contributed by atoms with Crippen LogP contribution >= 0.6 is 11.6 Å². The smallest absolute Gasteiger partial charge is 0.247 e. The summed E-state index contributed by atoms with van der Waals surface area (Å²) in [5.41, 5.74) is 2.94. The van der Waals surface area contributed by atoms with E-state index in [0.29, 0.717) is 23.0 Å². The number of nitrogens with one attached hydrogen (secondary N) is 1. The summed E-state index contributed by atoms with van der Waals surface area (Å²) in [5, 5.41) is 11.9.